The molecule has 1 aromatic carbocycles. The first-order valence-corrected chi connectivity index (χ1v) is 5.85. The van der Waals surface area contributed by atoms with Crippen molar-refractivity contribution < 1.29 is 13.2 Å². The molecule has 100 valence electrons. The van der Waals surface area contributed by atoms with Crippen LogP contribution < -0.4 is 5.32 Å². The van der Waals surface area contributed by atoms with Crippen LogP contribution in [0.2, 0.25) is 5.15 Å². The molecule has 6 heteroatoms. The molecular weight excluding hydrogens is 277 g/mol. The van der Waals surface area contributed by atoms with Crippen LogP contribution in [0.1, 0.15) is 11.1 Å². The number of benzene rings is 1. The molecule has 0 fully saturated rings. The lowest BCUT2D eigenvalue weighted by Crippen LogP contribution is -2.07. The minimum atomic E-state index is -4.33. The summed E-state index contributed by atoms with van der Waals surface area (Å²) in [6, 6.07) is 10.2. The van der Waals surface area contributed by atoms with Crippen molar-refractivity contribution in [2.24, 2.45) is 0 Å². The van der Waals surface area contributed by atoms with Gasteiger partial charge in [0.25, 0.3) is 0 Å². The Labute approximate surface area is 113 Å². The lowest BCUT2D eigenvalue weighted by molar-refractivity contribution is -0.137. The zero-order valence-electron chi connectivity index (χ0n) is 9.71. The van der Waals surface area contributed by atoms with E-state index >= 15 is 0 Å². The topological polar surface area (TPSA) is 24.9 Å². The fourth-order valence-electron chi connectivity index (χ4n) is 1.56. The standard InChI is InChI=1S/C13H10ClF3N2/c14-11-5-2-6-12(19-11)18-8-9-3-1-4-10(7-9)13(15,16)17/h1-7H,8H2,(H,18,19). The van der Waals surface area contributed by atoms with E-state index in [1.807, 2.05) is 0 Å². The molecule has 1 aromatic heterocycles. The molecule has 2 aromatic rings. The molecule has 1 heterocycles. The van der Waals surface area contributed by atoms with E-state index in [2.05, 4.69) is 10.3 Å². The molecule has 0 atom stereocenters. The van der Waals surface area contributed by atoms with Crippen molar-refractivity contribution >= 4 is 17.4 Å². The molecule has 0 aliphatic heterocycles. The van der Waals surface area contributed by atoms with Crippen LogP contribution in [0.15, 0.2) is 42.5 Å². The van der Waals surface area contributed by atoms with Crippen molar-refractivity contribution in [3.63, 3.8) is 0 Å². The van der Waals surface area contributed by atoms with Crippen LogP contribution in [0.25, 0.3) is 0 Å². The average Bonchev–Trinajstić information content (AvgIpc) is 2.36. The summed E-state index contributed by atoms with van der Waals surface area (Å²) in [7, 11) is 0. The van der Waals surface area contributed by atoms with Crippen LogP contribution in [-0.4, -0.2) is 4.98 Å². The first-order chi connectivity index (χ1) is 8.95. The van der Waals surface area contributed by atoms with Gasteiger partial charge in [-0.05, 0) is 29.8 Å². The fourth-order valence-corrected chi connectivity index (χ4v) is 1.72. The SMILES string of the molecule is FC(F)(F)c1cccc(CNc2cccc(Cl)n2)c1. The van der Waals surface area contributed by atoms with E-state index in [4.69, 9.17) is 11.6 Å². The molecule has 0 saturated carbocycles. The lowest BCUT2D eigenvalue weighted by Gasteiger charge is -2.10. The number of nitrogens with zero attached hydrogens (tertiary/aromatic N) is 1. The smallest absolute Gasteiger partial charge is 0.366 e. The quantitative estimate of drug-likeness (QED) is 0.848. The Hall–Kier alpha value is -1.75. The Morgan fingerprint density at radius 1 is 1.11 bits per heavy atom. The van der Waals surface area contributed by atoms with Crippen LogP contribution in [-0.2, 0) is 12.7 Å². The molecular formula is C13H10ClF3N2. The summed E-state index contributed by atoms with van der Waals surface area (Å²) in [5.41, 5.74) is -0.137. The number of nitrogens with one attached hydrogen (secondary N) is 1. The molecule has 0 unspecified atom stereocenters. The highest BCUT2D eigenvalue weighted by Gasteiger charge is 2.30. The lowest BCUT2D eigenvalue weighted by atomic mass is 10.1. The largest absolute Gasteiger partial charge is 0.416 e. The molecule has 2 rings (SSSR count). The van der Waals surface area contributed by atoms with Crippen molar-refractivity contribution in [3.05, 3.63) is 58.7 Å². The third-order valence-corrected chi connectivity index (χ3v) is 2.65. The van der Waals surface area contributed by atoms with Gasteiger partial charge in [0.1, 0.15) is 11.0 Å². The molecule has 0 radical (unpaired) electrons. The number of aromatic nitrogens is 1. The number of alkyl halides is 3. The van der Waals surface area contributed by atoms with Gasteiger partial charge in [-0.1, -0.05) is 29.8 Å². The number of pyridine rings is 1. The van der Waals surface area contributed by atoms with Gasteiger partial charge in [-0.15, -0.1) is 0 Å². The zero-order valence-corrected chi connectivity index (χ0v) is 10.5. The Kier molecular flexibility index (Phi) is 3.95. The second-order valence-corrected chi connectivity index (χ2v) is 4.28. The average molecular weight is 287 g/mol. The fraction of sp³-hybridized carbons (Fsp3) is 0.154. The monoisotopic (exact) mass is 286 g/mol. The van der Waals surface area contributed by atoms with Crippen molar-refractivity contribution in [1.29, 1.82) is 0 Å². The maximum Gasteiger partial charge on any atom is 0.416 e. The Balaban J connectivity index is 2.08. The molecule has 2 nitrogen and oxygen atoms in total. The van der Waals surface area contributed by atoms with Crippen molar-refractivity contribution in [2.45, 2.75) is 12.7 Å². The Bertz CT molecular complexity index is 570. The molecule has 1 N–H and O–H groups in total. The Morgan fingerprint density at radius 2 is 1.84 bits per heavy atom. The van der Waals surface area contributed by atoms with E-state index in [9.17, 15) is 13.2 Å². The molecule has 0 amide bonds. The van der Waals surface area contributed by atoms with Crippen molar-refractivity contribution in [1.82, 2.24) is 4.98 Å². The van der Waals surface area contributed by atoms with Gasteiger partial charge in [-0.3, -0.25) is 0 Å². The first-order valence-electron chi connectivity index (χ1n) is 5.48. The van der Waals surface area contributed by atoms with E-state index in [1.54, 1.807) is 24.3 Å². The van der Waals surface area contributed by atoms with E-state index in [0.29, 0.717) is 16.5 Å². The third kappa shape index (κ3) is 3.86. The van der Waals surface area contributed by atoms with Crippen LogP contribution in [0, 0.1) is 0 Å². The second kappa shape index (κ2) is 5.48. The minimum absolute atomic E-state index is 0.247. The number of hydrogen-bond donors (Lipinski definition) is 1. The molecule has 0 bridgehead atoms. The van der Waals surface area contributed by atoms with Crippen LogP contribution in [0.3, 0.4) is 0 Å². The van der Waals surface area contributed by atoms with Crippen molar-refractivity contribution in [2.75, 3.05) is 5.32 Å². The maximum absolute atomic E-state index is 12.5. The summed E-state index contributed by atoms with van der Waals surface area (Å²) in [6.07, 6.45) is -4.33. The third-order valence-electron chi connectivity index (χ3n) is 2.44. The van der Waals surface area contributed by atoms with E-state index < -0.39 is 11.7 Å². The highest BCUT2D eigenvalue weighted by Crippen LogP contribution is 2.29. The van der Waals surface area contributed by atoms with Gasteiger partial charge in [-0.2, -0.15) is 13.2 Å². The predicted octanol–water partition coefficient (Wildman–Crippen LogP) is 4.37. The first kappa shape index (κ1) is 13.7. The normalized spacial score (nSPS) is 11.4. The van der Waals surface area contributed by atoms with E-state index in [0.717, 1.165) is 12.1 Å². The summed E-state index contributed by atoms with van der Waals surface area (Å²) in [6.45, 7) is 0.247. The van der Waals surface area contributed by atoms with Gasteiger partial charge < -0.3 is 5.32 Å². The van der Waals surface area contributed by atoms with Gasteiger partial charge in [0.05, 0.1) is 5.56 Å². The minimum Gasteiger partial charge on any atom is -0.366 e. The predicted molar refractivity (Wildman–Crippen MR) is 68.0 cm³/mol. The van der Waals surface area contributed by atoms with Crippen LogP contribution in [0.5, 0.6) is 0 Å². The molecule has 0 aliphatic rings. The number of hydrogen-bond acceptors (Lipinski definition) is 2. The van der Waals surface area contributed by atoms with Crippen LogP contribution >= 0.6 is 11.6 Å². The summed E-state index contributed by atoms with van der Waals surface area (Å²) < 4.78 is 37.6. The molecule has 19 heavy (non-hydrogen) atoms. The van der Waals surface area contributed by atoms with E-state index in [1.165, 1.54) is 6.07 Å². The highest BCUT2D eigenvalue weighted by molar-refractivity contribution is 6.29. The maximum atomic E-state index is 12.5. The van der Waals surface area contributed by atoms with Gasteiger partial charge >= 0.3 is 6.18 Å². The van der Waals surface area contributed by atoms with Crippen LogP contribution in [0.4, 0.5) is 19.0 Å². The summed E-state index contributed by atoms with van der Waals surface area (Å²) >= 11 is 5.71. The molecule has 0 saturated heterocycles. The number of anilines is 1. The zero-order chi connectivity index (χ0) is 13.9. The molecule has 0 aliphatic carbocycles. The van der Waals surface area contributed by atoms with Gasteiger partial charge in [0.2, 0.25) is 0 Å². The van der Waals surface area contributed by atoms with Gasteiger partial charge in [0.15, 0.2) is 0 Å². The van der Waals surface area contributed by atoms with Crippen molar-refractivity contribution in [3.8, 4) is 0 Å². The van der Waals surface area contributed by atoms with Gasteiger partial charge in [-0.25, -0.2) is 4.98 Å². The number of rotatable bonds is 3. The summed E-state index contributed by atoms with van der Waals surface area (Å²) in [4.78, 5) is 3.99. The highest BCUT2D eigenvalue weighted by atomic mass is 35.5. The Morgan fingerprint density at radius 3 is 2.53 bits per heavy atom. The summed E-state index contributed by atoms with van der Waals surface area (Å²) in [5, 5.41) is 3.25. The second-order valence-electron chi connectivity index (χ2n) is 3.90. The number of halogens is 4. The molecule has 0 spiro atoms. The van der Waals surface area contributed by atoms with Gasteiger partial charge in [0, 0.05) is 6.54 Å². The van der Waals surface area contributed by atoms with E-state index in [-0.39, 0.29) is 6.54 Å². The summed E-state index contributed by atoms with van der Waals surface area (Å²) in [5.74, 6) is 0.518.